The van der Waals surface area contributed by atoms with Crippen LogP contribution >= 0.6 is 7.82 Å². The maximum atomic E-state index is 12.8. The molecule has 0 saturated heterocycles. The number of unbranched alkanes of at least 4 members (excludes halogenated alkanes) is 24. The van der Waals surface area contributed by atoms with E-state index in [1.807, 2.05) is 0 Å². The van der Waals surface area contributed by atoms with Gasteiger partial charge in [-0.3, -0.25) is 23.4 Å². The molecule has 0 fully saturated rings. The van der Waals surface area contributed by atoms with Gasteiger partial charge in [0.05, 0.1) is 19.8 Å². The average molecular weight is 953 g/mol. The van der Waals surface area contributed by atoms with Crippen molar-refractivity contribution in [3.63, 3.8) is 0 Å². The van der Waals surface area contributed by atoms with Crippen LogP contribution in [0.2, 0.25) is 0 Å². The SMILES string of the molecule is CC/C=C\C/C=C\C/C=C\C/C=C\CCCCC(=O)OCC(COP(=O)(O)OCC(CO)OC(=O)CCCCCCCCCCCCC)OC(=O)CCCCCCCCCCCCCCC. The van der Waals surface area contributed by atoms with Crippen molar-refractivity contribution in [1.29, 1.82) is 0 Å². The molecule has 0 heterocycles. The summed E-state index contributed by atoms with van der Waals surface area (Å²) in [6.07, 6.45) is 49.4. The number of ether oxygens (including phenoxy) is 3. The number of phosphoric acid groups is 1. The van der Waals surface area contributed by atoms with E-state index in [9.17, 15) is 28.9 Å². The molecular weight excluding hydrogens is 856 g/mol. The summed E-state index contributed by atoms with van der Waals surface area (Å²) < 4.78 is 39.3. The van der Waals surface area contributed by atoms with Crippen LogP contribution in [-0.4, -0.2) is 66.5 Å². The number of hydrogen-bond acceptors (Lipinski definition) is 10. The molecule has 3 atom stereocenters. The molecule has 0 aromatic heterocycles. The van der Waals surface area contributed by atoms with E-state index >= 15 is 0 Å². The highest BCUT2D eigenvalue weighted by molar-refractivity contribution is 7.47. The van der Waals surface area contributed by atoms with Crippen LogP contribution in [0.15, 0.2) is 48.6 Å². The number of rotatable bonds is 49. The Hall–Kier alpha value is -2.56. The Kier molecular flexibility index (Phi) is 47.0. The van der Waals surface area contributed by atoms with E-state index in [4.69, 9.17) is 23.3 Å². The first kappa shape index (κ1) is 63.4. The summed E-state index contributed by atoms with van der Waals surface area (Å²) in [6.45, 7) is 4.48. The lowest BCUT2D eigenvalue weighted by atomic mass is 10.0. The molecular formula is C54H97O11P. The zero-order valence-electron chi connectivity index (χ0n) is 42.2. The number of aliphatic hydroxyl groups is 1. The highest BCUT2D eigenvalue weighted by atomic mass is 31.2. The van der Waals surface area contributed by atoms with Crippen molar-refractivity contribution in [2.75, 3.05) is 26.4 Å². The van der Waals surface area contributed by atoms with E-state index in [1.54, 1.807) is 0 Å². The van der Waals surface area contributed by atoms with Crippen molar-refractivity contribution >= 4 is 25.7 Å². The van der Waals surface area contributed by atoms with E-state index in [-0.39, 0.29) is 25.9 Å². The van der Waals surface area contributed by atoms with Gasteiger partial charge >= 0.3 is 25.7 Å². The lowest BCUT2D eigenvalue weighted by molar-refractivity contribution is -0.161. The number of aliphatic hydroxyl groups excluding tert-OH is 1. The quantitative estimate of drug-likeness (QED) is 0.0197. The van der Waals surface area contributed by atoms with Crippen molar-refractivity contribution in [1.82, 2.24) is 0 Å². The Bertz CT molecular complexity index is 1300. The number of carbonyl (C=O) groups excluding carboxylic acids is 3. The van der Waals surface area contributed by atoms with Crippen LogP contribution in [0.25, 0.3) is 0 Å². The van der Waals surface area contributed by atoms with Crippen LogP contribution in [-0.2, 0) is 42.2 Å². The first-order valence-corrected chi connectivity index (χ1v) is 28.0. The van der Waals surface area contributed by atoms with Gasteiger partial charge in [0.2, 0.25) is 0 Å². The number of esters is 3. The summed E-state index contributed by atoms with van der Waals surface area (Å²) in [4.78, 5) is 48.3. The summed E-state index contributed by atoms with van der Waals surface area (Å²) in [5.41, 5.74) is 0. The minimum absolute atomic E-state index is 0.162. The molecule has 2 N–H and O–H groups in total. The van der Waals surface area contributed by atoms with E-state index < -0.39 is 57.8 Å². The van der Waals surface area contributed by atoms with Gasteiger partial charge in [-0.25, -0.2) is 4.57 Å². The van der Waals surface area contributed by atoms with E-state index in [0.717, 1.165) is 77.0 Å². The van der Waals surface area contributed by atoms with Crippen LogP contribution < -0.4 is 0 Å². The maximum Gasteiger partial charge on any atom is 0.472 e. The van der Waals surface area contributed by atoms with Gasteiger partial charge in [-0.05, 0) is 57.8 Å². The Morgan fingerprint density at radius 3 is 1.21 bits per heavy atom. The third-order valence-corrected chi connectivity index (χ3v) is 12.2. The second kappa shape index (κ2) is 48.9. The predicted molar refractivity (Wildman–Crippen MR) is 270 cm³/mol. The van der Waals surface area contributed by atoms with Gasteiger partial charge in [-0.15, -0.1) is 0 Å². The number of phosphoric ester groups is 1. The summed E-state index contributed by atoms with van der Waals surface area (Å²) in [7, 11) is -4.74. The Morgan fingerprint density at radius 2 is 0.788 bits per heavy atom. The van der Waals surface area contributed by atoms with Crippen LogP contribution in [0.4, 0.5) is 0 Å². The van der Waals surface area contributed by atoms with Crippen LogP contribution in [0, 0.1) is 0 Å². The highest BCUT2D eigenvalue weighted by Gasteiger charge is 2.28. The van der Waals surface area contributed by atoms with E-state index in [2.05, 4.69) is 69.4 Å². The Labute approximate surface area is 403 Å². The van der Waals surface area contributed by atoms with Crippen LogP contribution in [0.5, 0.6) is 0 Å². The number of allylic oxidation sites excluding steroid dienone is 8. The van der Waals surface area contributed by atoms with Gasteiger partial charge in [0.25, 0.3) is 0 Å². The minimum Gasteiger partial charge on any atom is -0.462 e. The van der Waals surface area contributed by atoms with Gasteiger partial charge in [-0.2, -0.15) is 0 Å². The van der Waals surface area contributed by atoms with Gasteiger partial charge in [0, 0.05) is 19.3 Å². The second-order valence-corrected chi connectivity index (χ2v) is 19.1. The third kappa shape index (κ3) is 46.5. The van der Waals surface area contributed by atoms with Crippen molar-refractivity contribution in [3.8, 4) is 0 Å². The summed E-state index contributed by atoms with van der Waals surface area (Å²) in [5.74, 6) is -1.50. The van der Waals surface area contributed by atoms with E-state index in [0.29, 0.717) is 19.3 Å². The first-order chi connectivity index (χ1) is 32.2. The molecule has 12 heteroatoms. The highest BCUT2D eigenvalue weighted by Crippen LogP contribution is 2.43. The lowest BCUT2D eigenvalue weighted by Gasteiger charge is -2.21. The normalized spacial score (nSPS) is 13.8. The summed E-state index contributed by atoms with van der Waals surface area (Å²) in [6, 6.07) is 0. The molecule has 0 bridgehead atoms. The van der Waals surface area contributed by atoms with Crippen molar-refractivity contribution in [2.45, 2.75) is 251 Å². The molecule has 0 aromatic rings. The average Bonchev–Trinajstić information content (AvgIpc) is 3.30. The van der Waals surface area contributed by atoms with Gasteiger partial charge in [-0.1, -0.05) is 211 Å². The third-order valence-electron chi connectivity index (χ3n) is 11.3. The van der Waals surface area contributed by atoms with Gasteiger partial charge < -0.3 is 24.2 Å². The predicted octanol–water partition coefficient (Wildman–Crippen LogP) is 15.0. The molecule has 0 spiro atoms. The molecule has 0 radical (unpaired) electrons. The largest absolute Gasteiger partial charge is 0.472 e. The zero-order chi connectivity index (χ0) is 48.4. The molecule has 66 heavy (non-hydrogen) atoms. The van der Waals surface area contributed by atoms with Crippen LogP contribution in [0.1, 0.15) is 239 Å². The number of carbonyl (C=O) groups is 3. The molecule has 11 nitrogen and oxygen atoms in total. The first-order valence-electron chi connectivity index (χ1n) is 26.5. The fourth-order valence-corrected chi connectivity index (χ4v) is 8.01. The fourth-order valence-electron chi connectivity index (χ4n) is 7.23. The molecule has 0 aliphatic carbocycles. The molecule has 0 aromatic carbocycles. The molecule has 0 aliphatic heterocycles. The van der Waals surface area contributed by atoms with Gasteiger partial charge in [0.1, 0.15) is 12.7 Å². The van der Waals surface area contributed by atoms with Crippen molar-refractivity contribution in [2.24, 2.45) is 0 Å². The number of hydrogen-bond donors (Lipinski definition) is 2. The molecule has 0 amide bonds. The molecule has 3 unspecified atom stereocenters. The molecule has 0 aliphatic rings. The van der Waals surface area contributed by atoms with E-state index in [1.165, 1.54) is 103 Å². The monoisotopic (exact) mass is 953 g/mol. The molecule has 0 rings (SSSR count). The standard InChI is InChI=1S/C54H97O11P/c1-4-7-10-13-16-19-22-24-25-27-29-31-34-37-40-43-52(56)61-47-51(65-54(58)45-42-39-36-33-30-26-23-20-17-14-11-8-5-2)49-63-66(59,60)62-48-50(46-55)64-53(57)44-41-38-35-32-28-21-18-15-12-9-6-3/h7,10,16,19,24-25,29,31,50-51,55H,4-6,8-9,11-15,17-18,20-23,26-28,30,32-49H2,1-3H3,(H,59,60)/b10-7-,19-16-,25-24-,31-29-. The van der Waals surface area contributed by atoms with Crippen molar-refractivity contribution in [3.05, 3.63) is 48.6 Å². The second-order valence-electron chi connectivity index (χ2n) is 17.7. The fraction of sp³-hybridized carbons (Fsp3) is 0.796. The smallest absolute Gasteiger partial charge is 0.462 e. The zero-order valence-corrected chi connectivity index (χ0v) is 43.1. The summed E-state index contributed by atoms with van der Waals surface area (Å²) in [5, 5.41) is 9.76. The topological polar surface area (TPSA) is 155 Å². The summed E-state index contributed by atoms with van der Waals surface area (Å²) >= 11 is 0. The van der Waals surface area contributed by atoms with Gasteiger partial charge in [0.15, 0.2) is 6.10 Å². The lowest BCUT2D eigenvalue weighted by Crippen LogP contribution is -2.30. The van der Waals surface area contributed by atoms with Crippen molar-refractivity contribution < 1.29 is 52.2 Å². The molecule has 384 valence electrons. The minimum atomic E-state index is -4.74. The van der Waals surface area contributed by atoms with Crippen LogP contribution in [0.3, 0.4) is 0 Å². The Morgan fingerprint density at radius 1 is 0.439 bits per heavy atom. The Balaban J connectivity index is 4.78. The maximum absolute atomic E-state index is 12.8. The molecule has 0 saturated carbocycles.